The highest BCUT2D eigenvalue weighted by molar-refractivity contribution is 5.76. The van der Waals surface area contributed by atoms with Crippen molar-refractivity contribution in [1.82, 2.24) is 0 Å². The van der Waals surface area contributed by atoms with Crippen molar-refractivity contribution in [2.45, 2.75) is 32.7 Å². The fourth-order valence-corrected chi connectivity index (χ4v) is 4.88. The molecular formula is C36H37N. The normalized spacial score (nSPS) is 19.9. The molecule has 1 heteroatoms. The van der Waals surface area contributed by atoms with Gasteiger partial charge in [0.25, 0.3) is 0 Å². The van der Waals surface area contributed by atoms with E-state index < -0.39 is 0 Å². The number of nitrogens with one attached hydrogen (secondary N) is 1. The molecule has 0 aliphatic heterocycles. The maximum Gasteiger partial charge on any atom is 0.0482 e. The van der Waals surface area contributed by atoms with Crippen LogP contribution < -0.4 is 5.32 Å². The average molecular weight is 484 g/mol. The Bertz CT molecular complexity index is 1320. The molecule has 1 N–H and O–H groups in total. The number of benzene rings is 2. The number of hydrogen-bond donors (Lipinski definition) is 1. The molecule has 186 valence electrons. The SMILES string of the molecule is C=CC=C(C=C)C1=CCC(C2=CCC(Nc3ccc(-c4ccc(C(C=CC)=CC)cc4)cc3)C=C2)C=C1. The minimum absolute atomic E-state index is 0.307. The van der Waals surface area contributed by atoms with Gasteiger partial charge in [0, 0.05) is 17.6 Å². The Morgan fingerprint density at radius 3 is 2.11 bits per heavy atom. The van der Waals surface area contributed by atoms with Gasteiger partial charge in [0.05, 0.1) is 0 Å². The summed E-state index contributed by atoms with van der Waals surface area (Å²) >= 11 is 0. The molecule has 0 aromatic heterocycles. The van der Waals surface area contributed by atoms with Crippen LogP contribution in [0.5, 0.6) is 0 Å². The summed E-state index contributed by atoms with van der Waals surface area (Å²) in [5.41, 5.74) is 9.83. The van der Waals surface area contributed by atoms with Crippen molar-refractivity contribution in [3.8, 4) is 11.1 Å². The lowest BCUT2D eigenvalue weighted by molar-refractivity contribution is 0.754. The van der Waals surface area contributed by atoms with Crippen LogP contribution in [0.3, 0.4) is 0 Å². The fourth-order valence-electron chi connectivity index (χ4n) is 4.88. The Morgan fingerprint density at radius 1 is 0.838 bits per heavy atom. The second-order valence-corrected chi connectivity index (χ2v) is 9.37. The lowest BCUT2D eigenvalue weighted by Gasteiger charge is -2.23. The lowest BCUT2D eigenvalue weighted by atomic mass is 9.85. The van der Waals surface area contributed by atoms with Gasteiger partial charge in [-0.2, -0.15) is 0 Å². The highest BCUT2D eigenvalue weighted by atomic mass is 14.9. The van der Waals surface area contributed by atoms with E-state index in [1.807, 2.05) is 18.2 Å². The molecule has 2 aliphatic rings. The summed E-state index contributed by atoms with van der Waals surface area (Å²) in [5, 5.41) is 3.67. The van der Waals surface area contributed by atoms with Gasteiger partial charge >= 0.3 is 0 Å². The van der Waals surface area contributed by atoms with Crippen LogP contribution in [0.1, 0.15) is 32.3 Å². The van der Waals surface area contributed by atoms with E-state index in [9.17, 15) is 0 Å². The van der Waals surface area contributed by atoms with E-state index in [1.165, 1.54) is 33.4 Å². The largest absolute Gasteiger partial charge is 0.379 e. The first-order chi connectivity index (χ1) is 18.1. The Labute approximate surface area is 223 Å². The van der Waals surface area contributed by atoms with Gasteiger partial charge in [0.1, 0.15) is 0 Å². The van der Waals surface area contributed by atoms with Crippen LogP contribution >= 0.6 is 0 Å². The van der Waals surface area contributed by atoms with Gasteiger partial charge in [-0.25, -0.2) is 0 Å². The minimum atomic E-state index is 0.307. The zero-order valence-corrected chi connectivity index (χ0v) is 22.0. The predicted molar refractivity (Wildman–Crippen MR) is 163 cm³/mol. The Hall–Kier alpha value is -4.10. The van der Waals surface area contributed by atoms with E-state index in [2.05, 4.69) is 136 Å². The molecule has 2 aliphatic carbocycles. The third-order valence-corrected chi connectivity index (χ3v) is 6.95. The predicted octanol–water partition coefficient (Wildman–Crippen LogP) is 9.80. The summed E-state index contributed by atoms with van der Waals surface area (Å²) in [7, 11) is 0. The topological polar surface area (TPSA) is 12.0 Å². The lowest BCUT2D eigenvalue weighted by Crippen LogP contribution is -2.19. The second-order valence-electron chi connectivity index (χ2n) is 9.37. The Kier molecular flexibility index (Phi) is 8.94. The summed E-state index contributed by atoms with van der Waals surface area (Å²) < 4.78 is 0. The Morgan fingerprint density at radius 2 is 1.57 bits per heavy atom. The second kappa shape index (κ2) is 12.7. The maximum atomic E-state index is 3.92. The molecule has 0 saturated heterocycles. The van der Waals surface area contributed by atoms with E-state index in [0.29, 0.717) is 12.0 Å². The third kappa shape index (κ3) is 6.57. The number of anilines is 1. The average Bonchev–Trinajstić information content (AvgIpc) is 2.96. The molecule has 2 aromatic rings. The van der Waals surface area contributed by atoms with E-state index >= 15 is 0 Å². The molecule has 0 bridgehead atoms. The highest BCUT2D eigenvalue weighted by Gasteiger charge is 2.16. The fraction of sp³-hybridized carbons (Fsp3) is 0.167. The van der Waals surface area contributed by atoms with Gasteiger partial charge in [-0.15, -0.1) is 0 Å². The zero-order chi connectivity index (χ0) is 26.0. The van der Waals surface area contributed by atoms with Crippen LogP contribution in [0.4, 0.5) is 5.69 Å². The van der Waals surface area contributed by atoms with Crippen LogP contribution in [0.25, 0.3) is 16.7 Å². The molecule has 4 rings (SSSR count). The van der Waals surface area contributed by atoms with Crippen LogP contribution in [0.2, 0.25) is 0 Å². The van der Waals surface area contributed by atoms with Gasteiger partial charge in [-0.05, 0) is 77.8 Å². The quantitative estimate of drug-likeness (QED) is 0.350. The first-order valence-electron chi connectivity index (χ1n) is 13.1. The monoisotopic (exact) mass is 483 g/mol. The molecule has 2 atom stereocenters. The van der Waals surface area contributed by atoms with E-state index in [0.717, 1.165) is 24.1 Å². The molecule has 0 amide bonds. The molecular weight excluding hydrogens is 446 g/mol. The van der Waals surface area contributed by atoms with Crippen molar-refractivity contribution < 1.29 is 0 Å². The van der Waals surface area contributed by atoms with E-state index in [-0.39, 0.29) is 0 Å². The smallest absolute Gasteiger partial charge is 0.0482 e. The van der Waals surface area contributed by atoms with Crippen molar-refractivity contribution in [2.24, 2.45) is 5.92 Å². The number of allylic oxidation sites excluding steroid dienone is 14. The van der Waals surface area contributed by atoms with Crippen molar-refractivity contribution >= 4 is 11.3 Å². The summed E-state index contributed by atoms with van der Waals surface area (Å²) in [6.45, 7) is 11.8. The van der Waals surface area contributed by atoms with Crippen molar-refractivity contribution in [2.75, 3.05) is 5.32 Å². The number of hydrogen-bond acceptors (Lipinski definition) is 1. The van der Waals surface area contributed by atoms with Crippen LogP contribution in [-0.4, -0.2) is 6.04 Å². The van der Waals surface area contributed by atoms with Crippen molar-refractivity contribution in [1.29, 1.82) is 0 Å². The summed E-state index contributed by atoms with van der Waals surface area (Å²) in [5.74, 6) is 0.434. The van der Waals surface area contributed by atoms with Gasteiger partial charge in [0.2, 0.25) is 0 Å². The summed E-state index contributed by atoms with van der Waals surface area (Å²) in [6, 6.07) is 17.9. The van der Waals surface area contributed by atoms with Gasteiger partial charge in [0.15, 0.2) is 0 Å². The summed E-state index contributed by atoms with van der Waals surface area (Å²) in [4.78, 5) is 0. The van der Waals surface area contributed by atoms with Crippen LogP contribution in [-0.2, 0) is 0 Å². The van der Waals surface area contributed by atoms with Gasteiger partial charge in [-0.1, -0.05) is 122 Å². The van der Waals surface area contributed by atoms with Gasteiger partial charge < -0.3 is 5.32 Å². The first-order valence-corrected chi connectivity index (χ1v) is 13.1. The molecule has 0 fully saturated rings. The third-order valence-electron chi connectivity index (χ3n) is 6.95. The van der Waals surface area contributed by atoms with E-state index in [1.54, 1.807) is 0 Å². The molecule has 2 unspecified atom stereocenters. The Balaban J connectivity index is 1.33. The molecule has 2 aromatic carbocycles. The van der Waals surface area contributed by atoms with Crippen LogP contribution in [0.15, 0.2) is 151 Å². The van der Waals surface area contributed by atoms with Crippen molar-refractivity contribution in [3.05, 3.63) is 157 Å². The minimum Gasteiger partial charge on any atom is -0.379 e. The molecule has 1 nitrogen and oxygen atoms in total. The molecule has 0 spiro atoms. The highest BCUT2D eigenvalue weighted by Crippen LogP contribution is 2.31. The molecule has 37 heavy (non-hydrogen) atoms. The van der Waals surface area contributed by atoms with E-state index in [4.69, 9.17) is 0 Å². The number of rotatable bonds is 9. The molecule has 0 heterocycles. The zero-order valence-electron chi connectivity index (χ0n) is 22.0. The summed E-state index contributed by atoms with van der Waals surface area (Å²) in [6.07, 6.45) is 27.9. The standard InChI is InChI=1S/C36H37N/c1-5-9-27(7-3)29-11-15-31(16-12-29)33-19-23-35(24-20-33)37-36-25-21-34(22-26-36)32-17-13-30(14-18-32)28(8-4)10-6-2/h5-15,17-23,25-26,31,35,37H,1,3,16,24H2,2,4H3. The van der Waals surface area contributed by atoms with Crippen LogP contribution in [0, 0.1) is 5.92 Å². The molecule has 0 radical (unpaired) electrons. The molecule has 0 saturated carbocycles. The first kappa shape index (κ1) is 26.0. The van der Waals surface area contributed by atoms with Crippen molar-refractivity contribution in [3.63, 3.8) is 0 Å². The van der Waals surface area contributed by atoms with Gasteiger partial charge in [-0.3, -0.25) is 0 Å². The maximum absolute atomic E-state index is 3.92.